The molecule has 1 amide bonds. The van der Waals surface area contributed by atoms with Crippen molar-refractivity contribution in [3.63, 3.8) is 0 Å². The van der Waals surface area contributed by atoms with Crippen molar-refractivity contribution >= 4 is 17.4 Å². The fourth-order valence-electron chi connectivity index (χ4n) is 3.66. The number of carbonyl (C=O) groups is 2. The molecule has 1 atom stereocenters. The molecular weight excluding hydrogens is 398 g/mol. The Balaban J connectivity index is 2.19. The Kier molecular flexibility index (Phi) is 6.65. The molecule has 7 heteroatoms. The van der Waals surface area contributed by atoms with Crippen LogP contribution in [0.15, 0.2) is 42.0 Å². The average Bonchev–Trinajstić information content (AvgIpc) is 3.00. The van der Waals surface area contributed by atoms with Gasteiger partial charge < -0.3 is 24.6 Å². The van der Waals surface area contributed by atoms with Crippen LogP contribution in [-0.2, 0) is 14.3 Å². The minimum absolute atomic E-state index is 0.00232. The maximum Gasteiger partial charge on any atom is 0.295 e. The number of rotatable bonds is 7. The van der Waals surface area contributed by atoms with E-state index < -0.39 is 17.7 Å². The standard InChI is InChI=1S/C24H27NO6/c1-5-31-19-13-16(8-9-18(19)26)21-20(23(28)24(29)25(21)10-11-30-4)22(27)17-7-6-14(2)15(3)12-17/h6-9,12-13,21,26-27H,5,10-11H2,1-4H3/b22-20-. The van der Waals surface area contributed by atoms with Crippen molar-refractivity contribution < 1.29 is 29.3 Å². The number of methoxy groups -OCH3 is 1. The van der Waals surface area contributed by atoms with Crippen molar-refractivity contribution in [1.29, 1.82) is 0 Å². The fourth-order valence-corrected chi connectivity index (χ4v) is 3.66. The Labute approximate surface area is 181 Å². The van der Waals surface area contributed by atoms with Gasteiger partial charge in [0.25, 0.3) is 11.7 Å². The van der Waals surface area contributed by atoms with Crippen LogP contribution in [0.2, 0.25) is 0 Å². The summed E-state index contributed by atoms with van der Waals surface area (Å²) in [6.45, 7) is 6.38. The lowest BCUT2D eigenvalue weighted by Crippen LogP contribution is -2.32. The molecule has 0 bridgehead atoms. The van der Waals surface area contributed by atoms with E-state index in [9.17, 15) is 19.8 Å². The van der Waals surface area contributed by atoms with Gasteiger partial charge in [-0.15, -0.1) is 0 Å². The molecule has 2 aromatic rings. The van der Waals surface area contributed by atoms with E-state index in [-0.39, 0.29) is 36.0 Å². The number of ketones is 1. The third-order valence-corrected chi connectivity index (χ3v) is 5.46. The van der Waals surface area contributed by atoms with Gasteiger partial charge >= 0.3 is 0 Å². The van der Waals surface area contributed by atoms with E-state index in [4.69, 9.17) is 9.47 Å². The zero-order valence-electron chi connectivity index (χ0n) is 18.1. The molecule has 0 spiro atoms. The van der Waals surface area contributed by atoms with Crippen LogP contribution in [0.4, 0.5) is 0 Å². The minimum Gasteiger partial charge on any atom is -0.507 e. The Morgan fingerprint density at radius 2 is 1.84 bits per heavy atom. The number of aliphatic hydroxyl groups is 1. The second kappa shape index (κ2) is 9.22. The highest BCUT2D eigenvalue weighted by molar-refractivity contribution is 6.46. The van der Waals surface area contributed by atoms with Gasteiger partial charge in [0.05, 0.1) is 24.8 Å². The van der Waals surface area contributed by atoms with Gasteiger partial charge in [-0.3, -0.25) is 9.59 Å². The van der Waals surface area contributed by atoms with Crippen LogP contribution in [0.3, 0.4) is 0 Å². The number of Topliss-reactive ketones (excluding diaryl/α,β-unsaturated/α-hetero) is 1. The number of nitrogens with zero attached hydrogens (tertiary/aromatic N) is 1. The molecule has 1 aliphatic heterocycles. The summed E-state index contributed by atoms with van der Waals surface area (Å²) < 4.78 is 10.6. The van der Waals surface area contributed by atoms with Crippen LogP contribution < -0.4 is 4.74 Å². The largest absolute Gasteiger partial charge is 0.507 e. The number of ether oxygens (including phenoxy) is 2. The maximum atomic E-state index is 13.0. The molecule has 1 aliphatic rings. The first kappa shape index (κ1) is 22.4. The van der Waals surface area contributed by atoms with Crippen LogP contribution in [0, 0.1) is 13.8 Å². The van der Waals surface area contributed by atoms with E-state index in [1.54, 1.807) is 31.2 Å². The predicted octanol–water partition coefficient (Wildman–Crippen LogP) is 3.48. The van der Waals surface area contributed by atoms with Crippen molar-refractivity contribution in [2.45, 2.75) is 26.8 Å². The average molecular weight is 425 g/mol. The third-order valence-electron chi connectivity index (χ3n) is 5.46. The molecule has 1 saturated heterocycles. The summed E-state index contributed by atoms with van der Waals surface area (Å²) in [5.74, 6) is -1.52. The quantitative estimate of drug-likeness (QED) is 0.401. The topological polar surface area (TPSA) is 96.3 Å². The van der Waals surface area contributed by atoms with Crippen molar-refractivity contribution in [1.82, 2.24) is 4.90 Å². The van der Waals surface area contributed by atoms with Crippen molar-refractivity contribution in [2.75, 3.05) is 26.9 Å². The summed E-state index contributed by atoms with van der Waals surface area (Å²) in [6.07, 6.45) is 0. The van der Waals surface area contributed by atoms with Crippen molar-refractivity contribution in [3.8, 4) is 11.5 Å². The normalized spacial score (nSPS) is 17.9. The summed E-state index contributed by atoms with van der Waals surface area (Å²) in [4.78, 5) is 27.2. The van der Waals surface area contributed by atoms with Gasteiger partial charge in [-0.05, 0) is 55.7 Å². The van der Waals surface area contributed by atoms with Crippen LogP contribution in [-0.4, -0.2) is 53.7 Å². The zero-order valence-corrected chi connectivity index (χ0v) is 18.1. The van der Waals surface area contributed by atoms with Crippen molar-refractivity contribution in [2.24, 2.45) is 0 Å². The van der Waals surface area contributed by atoms with E-state index in [0.717, 1.165) is 11.1 Å². The molecule has 0 aromatic heterocycles. The van der Waals surface area contributed by atoms with Crippen LogP contribution in [0.1, 0.15) is 35.2 Å². The van der Waals surface area contributed by atoms with E-state index in [1.165, 1.54) is 18.1 Å². The molecule has 3 rings (SSSR count). The Bertz CT molecular complexity index is 1040. The Morgan fingerprint density at radius 3 is 2.48 bits per heavy atom. The summed E-state index contributed by atoms with van der Waals surface area (Å²) in [5, 5.41) is 21.2. The van der Waals surface area contributed by atoms with E-state index in [2.05, 4.69) is 0 Å². The first-order valence-corrected chi connectivity index (χ1v) is 10.1. The molecule has 2 aromatic carbocycles. The maximum absolute atomic E-state index is 13.0. The van der Waals surface area contributed by atoms with Crippen molar-refractivity contribution in [3.05, 3.63) is 64.2 Å². The highest BCUT2D eigenvalue weighted by Gasteiger charge is 2.46. The second-order valence-electron chi connectivity index (χ2n) is 7.44. The predicted molar refractivity (Wildman–Crippen MR) is 116 cm³/mol. The lowest BCUT2D eigenvalue weighted by molar-refractivity contribution is -0.140. The van der Waals surface area contributed by atoms with Crippen LogP contribution in [0.25, 0.3) is 5.76 Å². The lowest BCUT2D eigenvalue weighted by Gasteiger charge is -2.25. The molecule has 31 heavy (non-hydrogen) atoms. The molecule has 0 aliphatic carbocycles. The molecule has 7 nitrogen and oxygen atoms in total. The molecule has 0 saturated carbocycles. The number of aromatic hydroxyl groups is 1. The van der Waals surface area contributed by atoms with Gasteiger partial charge in [0.2, 0.25) is 0 Å². The number of phenols is 1. The smallest absolute Gasteiger partial charge is 0.295 e. The monoisotopic (exact) mass is 425 g/mol. The zero-order chi connectivity index (χ0) is 22.7. The third kappa shape index (κ3) is 4.27. The number of hydrogen-bond donors (Lipinski definition) is 2. The molecule has 1 fully saturated rings. The van der Waals surface area contributed by atoms with Gasteiger partial charge in [-0.25, -0.2) is 0 Å². The van der Waals surface area contributed by atoms with E-state index in [0.29, 0.717) is 17.7 Å². The number of benzene rings is 2. The first-order valence-electron chi connectivity index (χ1n) is 10.1. The summed E-state index contributed by atoms with van der Waals surface area (Å²) in [6, 6.07) is 9.18. The first-order chi connectivity index (χ1) is 14.8. The Hall–Kier alpha value is -3.32. The minimum atomic E-state index is -0.837. The number of aliphatic hydroxyl groups excluding tert-OH is 1. The summed E-state index contributed by atoms with van der Waals surface area (Å²) in [5.41, 5.74) is 3.01. The molecule has 164 valence electrons. The SMILES string of the molecule is CCOc1cc(C2/C(=C(/O)c3ccc(C)c(C)c3)C(=O)C(=O)N2CCOC)ccc1O. The van der Waals surface area contributed by atoms with Gasteiger partial charge in [-0.1, -0.05) is 18.2 Å². The molecule has 0 radical (unpaired) electrons. The van der Waals surface area contributed by atoms with E-state index in [1.807, 2.05) is 19.9 Å². The van der Waals surface area contributed by atoms with Crippen LogP contribution in [0.5, 0.6) is 11.5 Å². The number of aryl methyl sites for hydroxylation is 2. The number of hydrogen-bond acceptors (Lipinski definition) is 6. The Morgan fingerprint density at radius 1 is 1.10 bits per heavy atom. The van der Waals surface area contributed by atoms with Gasteiger partial charge in [0.1, 0.15) is 5.76 Å². The van der Waals surface area contributed by atoms with Gasteiger partial charge in [-0.2, -0.15) is 0 Å². The van der Waals surface area contributed by atoms with E-state index >= 15 is 0 Å². The van der Waals surface area contributed by atoms with Crippen LogP contribution >= 0.6 is 0 Å². The fraction of sp³-hybridized carbons (Fsp3) is 0.333. The number of likely N-dealkylation sites (tertiary alicyclic amines) is 1. The number of phenolic OH excluding ortho intramolecular Hbond substituents is 1. The van der Waals surface area contributed by atoms with Gasteiger partial charge in [0.15, 0.2) is 11.5 Å². The molecule has 2 N–H and O–H groups in total. The highest BCUT2D eigenvalue weighted by atomic mass is 16.5. The highest BCUT2D eigenvalue weighted by Crippen LogP contribution is 2.41. The number of carbonyl (C=O) groups excluding carboxylic acids is 2. The molecule has 1 heterocycles. The number of amides is 1. The second-order valence-corrected chi connectivity index (χ2v) is 7.44. The summed E-state index contributed by atoms with van der Waals surface area (Å²) in [7, 11) is 1.51. The summed E-state index contributed by atoms with van der Waals surface area (Å²) >= 11 is 0. The molecular formula is C24H27NO6. The van der Waals surface area contributed by atoms with Gasteiger partial charge in [0, 0.05) is 19.2 Å². The molecule has 1 unspecified atom stereocenters. The lowest BCUT2D eigenvalue weighted by atomic mass is 9.94.